The number of rotatable bonds is 8. The van der Waals surface area contributed by atoms with E-state index in [1.807, 2.05) is 32.0 Å². The minimum Gasteiger partial charge on any atom is -0.452 e. The third-order valence-electron chi connectivity index (χ3n) is 5.07. The zero-order chi connectivity index (χ0) is 22.1. The Balaban J connectivity index is 1.72. The molecule has 1 aromatic rings. The van der Waals surface area contributed by atoms with Crippen LogP contribution in [0.2, 0.25) is 0 Å². The van der Waals surface area contributed by atoms with Crippen LogP contribution in [0.25, 0.3) is 0 Å². The zero-order valence-electron chi connectivity index (χ0n) is 17.7. The SMILES string of the molecule is Cc1ccc(NC(=O)CSCC(=O)O[C@H](C)C(=O)NC2(C#N)CCCCC2)c(C)c1. The highest BCUT2D eigenvalue weighted by molar-refractivity contribution is 8.00. The second-order valence-corrected chi connectivity index (χ2v) is 8.72. The van der Waals surface area contributed by atoms with Gasteiger partial charge in [-0.2, -0.15) is 5.26 Å². The molecule has 1 saturated carbocycles. The Morgan fingerprint density at radius 2 is 1.90 bits per heavy atom. The maximum absolute atomic E-state index is 12.3. The molecule has 0 bridgehead atoms. The van der Waals surface area contributed by atoms with Crippen molar-refractivity contribution in [3.8, 4) is 6.07 Å². The molecule has 2 N–H and O–H groups in total. The van der Waals surface area contributed by atoms with Gasteiger partial charge < -0.3 is 15.4 Å². The number of carbonyl (C=O) groups is 3. The Kier molecular flexibility index (Phi) is 8.72. The van der Waals surface area contributed by atoms with Crippen molar-refractivity contribution in [2.45, 2.75) is 64.5 Å². The van der Waals surface area contributed by atoms with Crippen molar-refractivity contribution < 1.29 is 19.1 Å². The molecule has 1 fully saturated rings. The van der Waals surface area contributed by atoms with Crippen LogP contribution in [0.3, 0.4) is 0 Å². The van der Waals surface area contributed by atoms with Gasteiger partial charge in [-0.1, -0.05) is 37.0 Å². The summed E-state index contributed by atoms with van der Waals surface area (Å²) in [6.07, 6.45) is 3.07. The lowest BCUT2D eigenvalue weighted by atomic mass is 9.83. The van der Waals surface area contributed by atoms with Gasteiger partial charge in [0.05, 0.1) is 17.6 Å². The summed E-state index contributed by atoms with van der Waals surface area (Å²) in [6, 6.07) is 7.96. The van der Waals surface area contributed by atoms with E-state index >= 15 is 0 Å². The lowest BCUT2D eigenvalue weighted by molar-refractivity contribution is -0.152. The van der Waals surface area contributed by atoms with Gasteiger partial charge in [-0.3, -0.25) is 14.4 Å². The average molecular weight is 432 g/mol. The van der Waals surface area contributed by atoms with E-state index in [1.54, 1.807) is 0 Å². The first kappa shape index (κ1) is 23.7. The van der Waals surface area contributed by atoms with Crippen molar-refractivity contribution in [3.63, 3.8) is 0 Å². The fraction of sp³-hybridized carbons (Fsp3) is 0.545. The topological polar surface area (TPSA) is 108 Å². The van der Waals surface area contributed by atoms with E-state index in [-0.39, 0.29) is 17.4 Å². The van der Waals surface area contributed by atoms with Crippen LogP contribution in [0.5, 0.6) is 0 Å². The molecule has 2 amide bonds. The standard InChI is InChI=1S/C22H29N3O4S/c1-15-7-8-18(16(2)11-15)24-19(26)12-30-13-20(27)29-17(3)21(28)25-22(14-23)9-5-4-6-10-22/h7-8,11,17H,4-6,9-10,12-13H2,1-3H3,(H,24,26)(H,25,28)/t17-/m1/s1. The predicted molar refractivity (Wildman–Crippen MR) is 117 cm³/mol. The number of hydrogen-bond donors (Lipinski definition) is 2. The minimum absolute atomic E-state index is 0.0404. The summed E-state index contributed by atoms with van der Waals surface area (Å²) in [7, 11) is 0. The Bertz CT molecular complexity index is 828. The number of aryl methyl sites for hydroxylation is 2. The molecular formula is C22H29N3O4S. The third-order valence-corrected chi connectivity index (χ3v) is 5.98. The van der Waals surface area contributed by atoms with Gasteiger partial charge in [-0.15, -0.1) is 11.8 Å². The number of thioether (sulfide) groups is 1. The monoisotopic (exact) mass is 431 g/mol. The number of nitriles is 1. The smallest absolute Gasteiger partial charge is 0.316 e. The second-order valence-electron chi connectivity index (χ2n) is 7.74. The van der Waals surface area contributed by atoms with Gasteiger partial charge >= 0.3 is 5.97 Å². The molecule has 0 aliphatic heterocycles. The number of benzene rings is 1. The van der Waals surface area contributed by atoms with Crippen LogP contribution in [-0.2, 0) is 19.1 Å². The van der Waals surface area contributed by atoms with Crippen molar-refractivity contribution in [1.82, 2.24) is 5.32 Å². The maximum atomic E-state index is 12.3. The number of nitrogens with zero attached hydrogens (tertiary/aromatic N) is 1. The van der Waals surface area contributed by atoms with E-state index in [0.29, 0.717) is 12.8 Å². The normalized spacial score (nSPS) is 16.1. The van der Waals surface area contributed by atoms with Gasteiger partial charge in [-0.25, -0.2) is 0 Å². The third kappa shape index (κ3) is 7.06. The van der Waals surface area contributed by atoms with E-state index in [1.165, 1.54) is 6.92 Å². The largest absolute Gasteiger partial charge is 0.452 e. The first-order valence-corrected chi connectivity index (χ1v) is 11.3. The first-order chi connectivity index (χ1) is 14.2. The van der Waals surface area contributed by atoms with Gasteiger partial charge in [0.2, 0.25) is 5.91 Å². The molecule has 30 heavy (non-hydrogen) atoms. The molecule has 0 radical (unpaired) electrons. The molecule has 1 aromatic carbocycles. The highest BCUT2D eigenvalue weighted by Gasteiger charge is 2.35. The molecule has 0 aromatic heterocycles. The molecule has 0 saturated heterocycles. The number of amides is 2. The summed E-state index contributed by atoms with van der Waals surface area (Å²) in [5, 5.41) is 15.0. The second kappa shape index (κ2) is 11.0. The van der Waals surface area contributed by atoms with Gasteiger partial charge in [0.1, 0.15) is 5.54 Å². The van der Waals surface area contributed by atoms with E-state index < -0.39 is 23.5 Å². The average Bonchev–Trinajstić information content (AvgIpc) is 2.70. The fourth-order valence-electron chi connectivity index (χ4n) is 3.41. The van der Waals surface area contributed by atoms with Crippen LogP contribution in [0, 0.1) is 25.2 Å². The molecule has 0 spiro atoms. The van der Waals surface area contributed by atoms with Crippen molar-refractivity contribution in [3.05, 3.63) is 29.3 Å². The number of anilines is 1. The zero-order valence-corrected chi connectivity index (χ0v) is 18.6. The lowest BCUT2D eigenvalue weighted by Gasteiger charge is -2.32. The van der Waals surface area contributed by atoms with Crippen LogP contribution in [-0.4, -0.2) is 40.9 Å². The summed E-state index contributed by atoms with van der Waals surface area (Å²) < 4.78 is 5.16. The van der Waals surface area contributed by atoms with Gasteiger partial charge in [-0.05, 0) is 45.2 Å². The Labute approximate surface area is 181 Å². The molecule has 1 aliphatic rings. The van der Waals surface area contributed by atoms with Crippen LogP contribution < -0.4 is 10.6 Å². The Morgan fingerprint density at radius 1 is 1.20 bits per heavy atom. The number of ether oxygens (including phenoxy) is 1. The van der Waals surface area contributed by atoms with Crippen molar-refractivity contribution in [1.29, 1.82) is 5.26 Å². The number of nitrogens with one attached hydrogen (secondary N) is 2. The molecule has 7 nitrogen and oxygen atoms in total. The molecule has 0 unspecified atom stereocenters. The Hall–Kier alpha value is -2.53. The van der Waals surface area contributed by atoms with Crippen LogP contribution in [0.4, 0.5) is 5.69 Å². The van der Waals surface area contributed by atoms with E-state index in [9.17, 15) is 19.6 Å². The molecular weight excluding hydrogens is 402 g/mol. The summed E-state index contributed by atoms with van der Waals surface area (Å²) in [4.78, 5) is 36.4. The van der Waals surface area contributed by atoms with Gasteiger partial charge in [0.15, 0.2) is 6.10 Å². The molecule has 162 valence electrons. The van der Waals surface area contributed by atoms with E-state index in [0.717, 1.165) is 47.8 Å². The predicted octanol–water partition coefficient (Wildman–Crippen LogP) is 3.25. The van der Waals surface area contributed by atoms with Crippen LogP contribution in [0.1, 0.15) is 50.2 Å². The summed E-state index contributed by atoms with van der Waals surface area (Å²) in [5.74, 6) is -1.19. The van der Waals surface area contributed by atoms with Crippen molar-refractivity contribution in [2.75, 3.05) is 16.8 Å². The number of hydrogen-bond acceptors (Lipinski definition) is 6. The minimum atomic E-state index is -0.991. The first-order valence-electron chi connectivity index (χ1n) is 10.1. The molecule has 8 heteroatoms. The summed E-state index contributed by atoms with van der Waals surface area (Å²) in [5.41, 5.74) is 1.97. The molecule has 2 rings (SSSR count). The van der Waals surface area contributed by atoms with Gasteiger partial charge in [0.25, 0.3) is 5.91 Å². The van der Waals surface area contributed by atoms with E-state index in [2.05, 4.69) is 16.7 Å². The van der Waals surface area contributed by atoms with Gasteiger partial charge in [0, 0.05) is 5.69 Å². The van der Waals surface area contributed by atoms with Crippen LogP contribution >= 0.6 is 11.8 Å². The molecule has 0 heterocycles. The van der Waals surface area contributed by atoms with Crippen molar-refractivity contribution >= 4 is 35.2 Å². The maximum Gasteiger partial charge on any atom is 0.316 e. The summed E-state index contributed by atoms with van der Waals surface area (Å²) >= 11 is 1.12. The number of esters is 1. The quantitative estimate of drug-likeness (QED) is 0.612. The molecule has 1 aliphatic carbocycles. The highest BCUT2D eigenvalue weighted by Crippen LogP contribution is 2.27. The van der Waals surface area contributed by atoms with Crippen LogP contribution in [0.15, 0.2) is 18.2 Å². The fourth-order valence-corrected chi connectivity index (χ4v) is 4.00. The number of carbonyl (C=O) groups excluding carboxylic acids is 3. The highest BCUT2D eigenvalue weighted by atomic mass is 32.2. The summed E-state index contributed by atoms with van der Waals surface area (Å²) in [6.45, 7) is 5.39. The Morgan fingerprint density at radius 3 is 2.53 bits per heavy atom. The lowest BCUT2D eigenvalue weighted by Crippen LogP contribution is -2.52. The van der Waals surface area contributed by atoms with E-state index in [4.69, 9.17) is 4.74 Å². The molecule has 1 atom stereocenters. The van der Waals surface area contributed by atoms with Crippen molar-refractivity contribution in [2.24, 2.45) is 0 Å².